The van der Waals surface area contributed by atoms with Crippen LogP contribution >= 0.6 is 0 Å². The lowest BCUT2D eigenvalue weighted by Crippen LogP contribution is -2.07. The maximum atomic E-state index is 11.1. The Kier molecular flexibility index (Phi) is 8.23. The highest BCUT2D eigenvalue weighted by atomic mass is 16.1. The molecule has 0 saturated carbocycles. The van der Waals surface area contributed by atoms with Gasteiger partial charge in [0.25, 0.3) is 0 Å². The molecule has 0 aromatic carbocycles. The Hall–Kier alpha value is -0.590. The smallest absolute Gasteiger partial charge is 0.145 e. The van der Waals surface area contributed by atoms with Crippen molar-refractivity contribution in [1.82, 2.24) is 0 Å². The third-order valence-corrected chi connectivity index (χ3v) is 3.16. The van der Waals surface area contributed by atoms with Crippen LogP contribution in [0.1, 0.15) is 66.7 Å². The van der Waals surface area contributed by atoms with E-state index < -0.39 is 0 Å². The van der Waals surface area contributed by atoms with E-state index in [9.17, 15) is 4.79 Å². The van der Waals surface area contributed by atoms with Crippen molar-refractivity contribution in [2.75, 3.05) is 0 Å². The van der Waals surface area contributed by atoms with Gasteiger partial charge in [-0.05, 0) is 43.6 Å². The van der Waals surface area contributed by atoms with Gasteiger partial charge in [0.2, 0.25) is 0 Å². The lowest BCUT2D eigenvalue weighted by atomic mass is 9.86. The number of carbonyl (C=O) groups is 1. The van der Waals surface area contributed by atoms with E-state index in [1.807, 2.05) is 0 Å². The van der Waals surface area contributed by atoms with Crippen molar-refractivity contribution < 1.29 is 4.79 Å². The predicted molar refractivity (Wildman–Crippen MR) is 71.5 cm³/mol. The molecule has 0 heterocycles. The Morgan fingerprint density at radius 3 is 1.94 bits per heavy atom. The molecule has 0 saturated heterocycles. The third-order valence-electron chi connectivity index (χ3n) is 3.16. The van der Waals surface area contributed by atoms with Gasteiger partial charge in [0.05, 0.1) is 0 Å². The summed E-state index contributed by atoms with van der Waals surface area (Å²) < 4.78 is 0. The normalized spacial score (nSPS) is 13.2. The molecule has 0 aromatic heterocycles. The summed E-state index contributed by atoms with van der Waals surface area (Å²) in [5, 5.41) is 0. The van der Waals surface area contributed by atoms with Crippen LogP contribution in [0.15, 0.2) is 11.1 Å². The van der Waals surface area contributed by atoms with Crippen LogP contribution in [0.3, 0.4) is 0 Å². The van der Waals surface area contributed by atoms with E-state index in [0.717, 1.165) is 18.3 Å². The SMILES string of the molecule is CCCC(CCC)C(C)=C(C=O)CC(C)C. The van der Waals surface area contributed by atoms with Crippen molar-refractivity contribution >= 4 is 6.29 Å². The number of allylic oxidation sites excluding steroid dienone is 2. The van der Waals surface area contributed by atoms with Gasteiger partial charge in [-0.15, -0.1) is 0 Å². The maximum Gasteiger partial charge on any atom is 0.145 e. The fourth-order valence-corrected chi connectivity index (χ4v) is 2.28. The van der Waals surface area contributed by atoms with Gasteiger partial charge in [-0.2, -0.15) is 0 Å². The summed E-state index contributed by atoms with van der Waals surface area (Å²) in [4.78, 5) is 11.1. The maximum absolute atomic E-state index is 11.1. The van der Waals surface area contributed by atoms with Crippen molar-refractivity contribution in [2.45, 2.75) is 66.7 Å². The minimum Gasteiger partial charge on any atom is -0.298 e. The van der Waals surface area contributed by atoms with Crippen LogP contribution in [0, 0.1) is 11.8 Å². The van der Waals surface area contributed by atoms with Crippen molar-refractivity contribution in [1.29, 1.82) is 0 Å². The highest BCUT2D eigenvalue weighted by Crippen LogP contribution is 2.26. The first kappa shape index (κ1) is 15.4. The van der Waals surface area contributed by atoms with Gasteiger partial charge < -0.3 is 0 Å². The zero-order valence-corrected chi connectivity index (χ0v) is 11.7. The van der Waals surface area contributed by atoms with Gasteiger partial charge in [-0.1, -0.05) is 46.1 Å². The molecule has 0 aromatic rings. The van der Waals surface area contributed by atoms with Crippen LogP contribution in [-0.4, -0.2) is 6.29 Å². The van der Waals surface area contributed by atoms with Crippen LogP contribution in [0.4, 0.5) is 0 Å². The molecule has 0 radical (unpaired) electrons. The van der Waals surface area contributed by atoms with Crippen LogP contribution in [0.2, 0.25) is 0 Å². The van der Waals surface area contributed by atoms with Crippen molar-refractivity contribution in [3.05, 3.63) is 11.1 Å². The number of rotatable bonds is 8. The average Bonchev–Trinajstić information content (AvgIpc) is 2.24. The molecule has 94 valence electrons. The lowest BCUT2D eigenvalue weighted by Gasteiger charge is -2.19. The molecule has 0 aliphatic heterocycles. The van der Waals surface area contributed by atoms with E-state index in [0.29, 0.717) is 11.8 Å². The Morgan fingerprint density at radius 2 is 1.62 bits per heavy atom. The Morgan fingerprint density at radius 1 is 1.12 bits per heavy atom. The largest absolute Gasteiger partial charge is 0.298 e. The molecular weight excluding hydrogens is 196 g/mol. The molecular formula is C15H28O. The summed E-state index contributed by atoms with van der Waals surface area (Å²) >= 11 is 0. The summed E-state index contributed by atoms with van der Waals surface area (Å²) in [6, 6.07) is 0. The van der Waals surface area contributed by atoms with E-state index in [1.165, 1.54) is 31.3 Å². The zero-order chi connectivity index (χ0) is 12.6. The molecule has 1 heteroatoms. The first-order chi connectivity index (χ1) is 7.56. The minimum absolute atomic E-state index is 0.569. The molecule has 0 fully saturated rings. The molecule has 0 amide bonds. The fraction of sp³-hybridized carbons (Fsp3) is 0.800. The first-order valence-corrected chi connectivity index (χ1v) is 6.71. The minimum atomic E-state index is 0.569. The predicted octanol–water partition coefficient (Wildman–Crippen LogP) is 4.76. The third kappa shape index (κ3) is 5.48. The fourth-order valence-electron chi connectivity index (χ4n) is 2.28. The number of hydrogen-bond donors (Lipinski definition) is 0. The lowest BCUT2D eigenvalue weighted by molar-refractivity contribution is -0.105. The zero-order valence-electron chi connectivity index (χ0n) is 11.7. The molecule has 0 aliphatic carbocycles. The molecule has 0 spiro atoms. The van der Waals surface area contributed by atoms with Crippen molar-refractivity contribution in [3.63, 3.8) is 0 Å². The molecule has 0 atom stereocenters. The number of carbonyl (C=O) groups excluding carboxylic acids is 1. The summed E-state index contributed by atoms with van der Waals surface area (Å²) in [6.07, 6.45) is 6.85. The van der Waals surface area contributed by atoms with Crippen LogP contribution in [0.25, 0.3) is 0 Å². The van der Waals surface area contributed by atoms with Gasteiger partial charge in [0, 0.05) is 0 Å². The Balaban J connectivity index is 4.78. The van der Waals surface area contributed by atoms with E-state index in [1.54, 1.807) is 0 Å². The standard InChI is InChI=1S/C15H28O/c1-6-8-14(9-7-2)13(5)15(11-16)10-12(3)4/h11-12,14H,6-10H2,1-5H3. The second-order valence-electron chi connectivity index (χ2n) is 5.20. The summed E-state index contributed by atoms with van der Waals surface area (Å²) in [5.41, 5.74) is 2.38. The van der Waals surface area contributed by atoms with Crippen molar-refractivity contribution in [3.8, 4) is 0 Å². The van der Waals surface area contributed by atoms with Gasteiger partial charge in [-0.3, -0.25) is 4.79 Å². The van der Waals surface area contributed by atoms with E-state index in [4.69, 9.17) is 0 Å². The van der Waals surface area contributed by atoms with E-state index in [-0.39, 0.29) is 0 Å². The summed E-state index contributed by atoms with van der Waals surface area (Å²) in [7, 11) is 0. The van der Waals surface area contributed by atoms with Crippen LogP contribution < -0.4 is 0 Å². The highest BCUT2D eigenvalue weighted by Gasteiger charge is 2.13. The van der Waals surface area contributed by atoms with Crippen LogP contribution in [0.5, 0.6) is 0 Å². The molecule has 16 heavy (non-hydrogen) atoms. The summed E-state index contributed by atoms with van der Waals surface area (Å²) in [5.74, 6) is 1.19. The molecule has 0 bridgehead atoms. The number of aldehydes is 1. The topological polar surface area (TPSA) is 17.1 Å². The second kappa shape index (κ2) is 8.55. The first-order valence-electron chi connectivity index (χ1n) is 6.71. The van der Waals surface area contributed by atoms with E-state index >= 15 is 0 Å². The molecule has 0 aliphatic rings. The van der Waals surface area contributed by atoms with Gasteiger partial charge in [0.1, 0.15) is 6.29 Å². The quantitative estimate of drug-likeness (QED) is 0.429. The number of hydrogen-bond acceptors (Lipinski definition) is 1. The Labute approximate surface area is 101 Å². The molecule has 0 rings (SSSR count). The Bertz CT molecular complexity index is 220. The molecule has 0 N–H and O–H groups in total. The van der Waals surface area contributed by atoms with Gasteiger partial charge >= 0.3 is 0 Å². The average molecular weight is 224 g/mol. The van der Waals surface area contributed by atoms with Crippen LogP contribution in [-0.2, 0) is 4.79 Å². The molecule has 1 nitrogen and oxygen atoms in total. The van der Waals surface area contributed by atoms with Gasteiger partial charge in [-0.25, -0.2) is 0 Å². The second-order valence-corrected chi connectivity index (χ2v) is 5.20. The van der Waals surface area contributed by atoms with E-state index in [2.05, 4.69) is 34.6 Å². The molecule has 0 unspecified atom stereocenters. The summed E-state index contributed by atoms with van der Waals surface area (Å²) in [6.45, 7) is 10.9. The van der Waals surface area contributed by atoms with Gasteiger partial charge in [0.15, 0.2) is 0 Å². The monoisotopic (exact) mass is 224 g/mol. The highest BCUT2D eigenvalue weighted by molar-refractivity contribution is 5.74. The van der Waals surface area contributed by atoms with Crippen molar-refractivity contribution in [2.24, 2.45) is 11.8 Å².